The number of carbonyl (C=O) groups is 1. The number of rotatable bonds is 15. The molecule has 5 nitrogen and oxygen atoms in total. The molecule has 1 aromatic rings. The summed E-state index contributed by atoms with van der Waals surface area (Å²) in [5, 5.41) is 10.3. The Bertz CT molecular complexity index is 816. The Hall–Kier alpha value is -1.89. The Kier molecular flexibility index (Phi) is 13.0. The molecule has 6 heteroatoms. The summed E-state index contributed by atoms with van der Waals surface area (Å²) in [5.74, 6) is -0.727. The highest BCUT2D eigenvalue weighted by Gasteiger charge is 2.37. The molecule has 198 valence electrons. The molecule has 0 aliphatic heterocycles. The molecule has 0 aromatic heterocycles. The average Bonchev–Trinajstić information content (AvgIpc) is 2.75. The first kappa shape index (κ1) is 31.1. The van der Waals surface area contributed by atoms with Crippen molar-refractivity contribution in [1.82, 2.24) is 0 Å². The van der Waals surface area contributed by atoms with Crippen molar-refractivity contribution in [2.24, 2.45) is 17.8 Å². The molecule has 0 aliphatic carbocycles. The van der Waals surface area contributed by atoms with Crippen molar-refractivity contribution in [3.05, 3.63) is 53.6 Å². The molecule has 1 aromatic carbocycles. The summed E-state index contributed by atoms with van der Waals surface area (Å²) in [5.41, 5.74) is 2.28. The number of carboxylic acid groups (broad SMARTS) is 1. The van der Waals surface area contributed by atoms with Crippen LogP contribution in [0.25, 0.3) is 0 Å². The molecule has 0 heterocycles. The summed E-state index contributed by atoms with van der Waals surface area (Å²) in [6, 6.07) is 7.74. The third kappa shape index (κ3) is 11.1. The minimum absolute atomic E-state index is 0.0173. The maximum Gasteiger partial charge on any atom is 0.307 e. The fourth-order valence-corrected chi connectivity index (χ4v) is 4.63. The van der Waals surface area contributed by atoms with Crippen molar-refractivity contribution < 1.29 is 23.8 Å². The first-order valence-electron chi connectivity index (χ1n) is 12.7. The lowest BCUT2D eigenvalue weighted by Gasteiger charge is -2.35. The van der Waals surface area contributed by atoms with Crippen molar-refractivity contribution >= 4 is 14.3 Å². The molecule has 3 atom stereocenters. The summed E-state index contributed by atoms with van der Waals surface area (Å²) < 4.78 is 17.5. The number of hydrogen-bond acceptors (Lipinski definition) is 4. The summed E-state index contributed by atoms with van der Waals surface area (Å²) in [6.45, 7) is 18.5. The molecular formula is C29H48O5Si. The first-order valence-corrected chi connectivity index (χ1v) is 15.6. The van der Waals surface area contributed by atoms with Crippen molar-refractivity contribution in [3.63, 3.8) is 0 Å². The summed E-state index contributed by atoms with van der Waals surface area (Å²) in [6.07, 6.45) is 7.86. The van der Waals surface area contributed by atoms with Gasteiger partial charge >= 0.3 is 5.97 Å². The summed E-state index contributed by atoms with van der Waals surface area (Å²) in [4.78, 5) is 12.4. The molecule has 0 unspecified atom stereocenters. The second kappa shape index (κ2) is 14.6. The van der Waals surface area contributed by atoms with Gasteiger partial charge in [-0.15, -0.1) is 0 Å². The van der Waals surface area contributed by atoms with E-state index >= 15 is 0 Å². The number of carboxylic acids is 1. The number of hydrogen-bond donors (Lipinski definition) is 1. The van der Waals surface area contributed by atoms with E-state index < -0.39 is 20.2 Å². The largest absolute Gasteiger partial charge is 0.497 e. The quantitative estimate of drug-likeness (QED) is 0.198. The van der Waals surface area contributed by atoms with Gasteiger partial charge in [0, 0.05) is 5.92 Å². The molecule has 0 amide bonds. The third-order valence-corrected chi connectivity index (χ3v) is 11.5. The van der Waals surface area contributed by atoms with Gasteiger partial charge in [0.05, 0.1) is 32.8 Å². The molecule has 1 rings (SSSR count). The highest BCUT2D eigenvalue weighted by Crippen LogP contribution is 2.36. The smallest absolute Gasteiger partial charge is 0.307 e. The predicted octanol–water partition coefficient (Wildman–Crippen LogP) is 7.49. The van der Waals surface area contributed by atoms with Crippen LogP contribution in [0.5, 0.6) is 5.75 Å². The normalized spacial score (nSPS) is 15.0. The standard InChI is InChI=1S/C29H48O5Si/c1-22(2)12-10-13-23(3)27(28(30)31)25(14-11-19-34-35(8,9)29(4,5)6)21-33-20-24-15-17-26(32-7)18-16-24/h11-12,14-18,23,25,27H,10,13,19-21H2,1-9H3,(H,30,31)/b14-11+/t23-,25+,27+/m1/s1. The van der Waals surface area contributed by atoms with Gasteiger partial charge in [0.25, 0.3) is 0 Å². The predicted molar refractivity (Wildman–Crippen MR) is 147 cm³/mol. The van der Waals surface area contributed by atoms with Crippen LogP contribution >= 0.6 is 0 Å². The Morgan fingerprint density at radius 1 is 1.14 bits per heavy atom. The summed E-state index contributed by atoms with van der Waals surface area (Å²) in [7, 11) is -0.228. The number of methoxy groups -OCH3 is 1. The molecule has 0 fully saturated rings. The van der Waals surface area contributed by atoms with Gasteiger partial charge in [0.15, 0.2) is 8.32 Å². The Balaban J connectivity index is 2.95. The van der Waals surface area contributed by atoms with Crippen LogP contribution in [0.15, 0.2) is 48.1 Å². The second-order valence-electron chi connectivity index (χ2n) is 11.2. The fourth-order valence-electron chi connectivity index (χ4n) is 3.68. The Morgan fingerprint density at radius 3 is 2.29 bits per heavy atom. The van der Waals surface area contributed by atoms with E-state index in [0.29, 0.717) is 19.8 Å². The zero-order valence-corrected chi connectivity index (χ0v) is 24.4. The molecular weight excluding hydrogens is 456 g/mol. The van der Waals surface area contributed by atoms with Crippen LogP contribution in [0.3, 0.4) is 0 Å². The van der Waals surface area contributed by atoms with Gasteiger partial charge < -0.3 is 19.0 Å². The van der Waals surface area contributed by atoms with Crippen LogP contribution in [0.4, 0.5) is 0 Å². The molecule has 0 saturated heterocycles. The van der Waals surface area contributed by atoms with Gasteiger partial charge in [-0.1, -0.05) is 63.6 Å². The molecule has 0 radical (unpaired) electrons. The lowest BCUT2D eigenvalue weighted by Crippen LogP contribution is -2.40. The van der Waals surface area contributed by atoms with Crippen LogP contribution in [-0.2, 0) is 20.6 Å². The van der Waals surface area contributed by atoms with Crippen LogP contribution in [-0.4, -0.2) is 39.7 Å². The average molecular weight is 505 g/mol. The third-order valence-electron chi connectivity index (χ3n) is 7.00. The Morgan fingerprint density at radius 2 is 1.77 bits per heavy atom. The highest BCUT2D eigenvalue weighted by molar-refractivity contribution is 6.74. The van der Waals surface area contributed by atoms with Gasteiger partial charge in [0.2, 0.25) is 0 Å². The van der Waals surface area contributed by atoms with E-state index in [9.17, 15) is 9.90 Å². The van der Waals surface area contributed by atoms with Crippen molar-refractivity contribution in [2.45, 2.75) is 79.1 Å². The van der Waals surface area contributed by atoms with Crippen LogP contribution < -0.4 is 4.74 Å². The number of benzene rings is 1. The van der Waals surface area contributed by atoms with E-state index in [1.165, 1.54) is 5.57 Å². The molecule has 0 aliphatic rings. The van der Waals surface area contributed by atoms with E-state index in [1.807, 2.05) is 43.3 Å². The van der Waals surface area contributed by atoms with Gasteiger partial charge in [-0.2, -0.15) is 0 Å². The lowest BCUT2D eigenvalue weighted by atomic mass is 9.80. The van der Waals surface area contributed by atoms with Gasteiger partial charge in [-0.3, -0.25) is 4.79 Å². The van der Waals surface area contributed by atoms with Gasteiger partial charge in [0.1, 0.15) is 5.75 Å². The van der Waals surface area contributed by atoms with Gasteiger partial charge in [-0.05, 0) is 68.4 Å². The maximum absolute atomic E-state index is 12.4. The highest BCUT2D eigenvalue weighted by atomic mass is 28.4. The van der Waals surface area contributed by atoms with Crippen LogP contribution in [0.2, 0.25) is 18.1 Å². The van der Waals surface area contributed by atoms with E-state index in [2.05, 4.69) is 53.8 Å². The molecule has 1 N–H and O–H groups in total. The van der Waals surface area contributed by atoms with Crippen LogP contribution in [0, 0.1) is 17.8 Å². The van der Waals surface area contributed by atoms with Crippen molar-refractivity contribution in [3.8, 4) is 5.75 Å². The molecule has 35 heavy (non-hydrogen) atoms. The van der Waals surface area contributed by atoms with Crippen molar-refractivity contribution in [1.29, 1.82) is 0 Å². The van der Waals surface area contributed by atoms with E-state index in [4.69, 9.17) is 13.9 Å². The van der Waals surface area contributed by atoms with Gasteiger partial charge in [-0.25, -0.2) is 0 Å². The number of ether oxygens (including phenoxy) is 2. The second-order valence-corrected chi connectivity index (χ2v) is 16.0. The SMILES string of the molecule is COc1ccc(COC[C@H](/C=C/CO[Si](C)(C)C(C)(C)C)[C@@H](C(=O)O)[C@H](C)CCC=C(C)C)cc1. The van der Waals surface area contributed by atoms with E-state index in [-0.39, 0.29) is 16.9 Å². The molecule has 0 bridgehead atoms. The monoisotopic (exact) mass is 504 g/mol. The molecule has 0 spiro atoms. The zero-order valence-electron chi connectivity index (χ0n) is 23.4. The minimum Gasteiger partial charge on any atom is -0.497 e. The van der Waals surface area contributed by atoms with Crippen molar-refractivity contribution in [2.75, 3.05) is 20.3 Å². The molecule has 0 saturated carbocycles. The number of aliphatic carboxylic acids is 1. The topological polar surface area (TPSA) is 65.0 Å². The Labute approximate surface area is 214 Å². The lowest BCUT2D eigenvalue weighted by molar-refractivity contribution is -0.146. The summed E-state index contributed by atoms with van der Waals surface area (Å²) >= 11 is 0. The zero-order chi connectivity index (χ0) is 26.6. The minimum atomic E-state index is -1.87. The van der Waals surface area contributed by atoms with E-state index in [1.54, 1.807) is 7.11 Å². The maximum atomic E-state index is 12.4. The first-order chi connectivity index (χ1) is 16.3. The van der Waals surface area contributed by atoms with Crippen LogP contribution in [0.1, 0.15) is 59.9 Å². The number of allylic oxidation sites excluding steroid dienone is 2. The fraction of sp³-hybridized carbons (Fsp3) is 0.621. The van der Waals surface area contributed by atoms with E-state index in [0.717, 1.165) is 24.2 Å².